The van der Waals surface area contributed by atoms with Crippen LogP contribution in [0.25, 0.3) is 0 Å². The normalized spacial score (nSPS) is 24.5. The van der Waals surface area contributed by atoms with Gasteiger partial charge in [0.15, 0.2) is 0 Å². The van der Waals surface area contributed by atoms with Gasteiger partial charge in [0.1, 0.15) is 0 Å². The van der Waals surface area contributed by atoms with E-state index in [0.29, 0.717) is 0 Å². The summed E-state index contributed by atoms with van der Waals surface area (Å²) in [4.78, 5) is 5.22. The number of nitrogens with zero attached hydrogens (tertiary/aromatic N) is 2. The van der Waals surface area contributed by atoms with Crippen LogP contribution in [-0.2, 0) is 0 Å². The Morgan fingerprint density at radius 3 is 2.35 bits per heavy atom. The summed E-state index contributed by atoms with van der Waals surface area (Å²) in [6.07, 6.45) is 6.95. The molecule has 100 valence electrons. The van der Waals surface area contributed by atoms with Crippen LogP contribution in [0, 0.1) is 0 Å². The minimum atomic E-state index is 0.726. The second-order valence-corrected chi connectivity index (χ2v) is 5.70. The highest BCUT2D eigenvalue weighted by atomic mass is 15.2. The first-order chi connectivity index (χ1) is 8.36. The molecule has 2 aliphatic heterocycles. The summed E-state index contributed by atoms with van der Waals surface area (Å²) in [5.74, 6) is 0. The van der Waals surface area contributed by atoms with E-state index in [0.717, 1.165) is 6.04 Å². The van der Waals surface area contributed by atoms with Crippen LogP contribution in [0.15, 0.2) is 0 Å². The number of likely N-dealkylation sites (tertiary alicyclic amines) is 2. The third kappa shape index (κ3) is 4.57. The molecule has 2 rings (SSSR count). The van der Waals surface area contributed by atoms with E-state index in [1.807, 2.05) is 0 Å². The molecule has 0 radical (unpaired) electrons. The van der Waals surface area contributed by atoms with Crippen molar-refractivity contribution in [2.45, 2.75) is 45.1 Å². The summed E-state index contributed by atoms with van der Waals surface area (Å²) in [5, 5.41) is 3.62. The van der Waals surface area contributed by atoms with E-state index in [2.05, 4.69) is 22.0 Å². The van der Waals surface area contributed by atoms with Crippen molar-refractivity contribution in [1.29, 1.82) is 0 Å². The van der Waals surface area contributed by atoms with E-state index in [4.69, 9.17) is 0 Å². The van der Waals surface area contributed by atoms with Gasteiger partial charge in [0, 0.05) is 12.6 Å². The van der Waals surface area contributed by atoms with Crippen molar-refractivity contribution in [3.8, 4) is 0 Å². The zero-order valence-electron chi connectivity index (χ0n) is 11.5. The Hall–Kier alpha value is -0.120. The molecule has 2 saturated heterocycles. The molecule has 3 nitrogen and oxygen atoms in total. The molecule has 1 unspecified atom stereocenters. The van der Waals surface area contributed by atoms with Gasteiger partial charge < -0.3 is 10.2 Å². The first kappa shape index (κ1) is 13.3. The Morgan fingerprint density at radius 2 is 1.65 bits per heavy atom. The lowest BCUT2D eigenvalue weighted by atomic mass is 10.3. The van der Waals surface area contributed by atoms with Gasteiger partial charge in [0.2, 0.25) is 0 Å². The van der Waals surface area contributed by atoms with Crippen LogP contribution in [0.4, 0.5) is 0 Å². The lowest BCUT2D eigenvalue weighted by Gasteiger charge is -2.24. The van der Waals surface area contributed by atoms with Gasteiger partial charge in [-0.1, -0.05) is 0 Å². The third-order valence-corrected chi connectivity index (χ3v) is 4.23. The molecule has 0 bridgehead atoms. The van der Waals surface area contributed by atoms with Crippen LogP contribution < -0.4 is 5.32 Å². The standard InChI is InChI=1S/C14H29N3/c1-14(17-11-4-5-12-17)13-15-7-6-10-16-8-2-3-9-16/h14-15H,2-13H2,1H3. The summed E-state index contributed by atoms with van der Waals surface area (Å²) in [6, 6.07) is 0.726. The number of hydrogen-bond acceptors (Lipinski definition) is 3. The summed E-state index contributed by atoms with van der Waals surface area (Å²) < 4.78 is 0. The average Bonchev–Trinajstić information content (AvgIpc) is 3.01. The highest BCUT2D eigenvalue weighted by molar-refractivity contribution is 4.74. The van der Waals surface area contributed by atoms with Crippen LogP contribution in [0.1, 0.15) is 39.0 Å². The van der Waals surface area contributed by atoms with Gasteiger partial charge in [0.05, 0.1) is 0 Å². The highest BCUT2D eigenvalue weighted by Crippen LogP contribution is 2.10. The number of rotatable bonds is 7. The van der Waals surface area contributed by atoms with E-state index in [-0.39, 0.29) is 0 Å². The Bertz CT molecular complexity index is 196. The molecule has 1 N–H and O–H groups in total. The van der Waals surface area contributed by atoms with Gasteiger partial charge in [0.25, 0.3) is 0 Å². The van der Waals surface area contributed by atoms with Gasteiger partial charge >= 0.3 is 0 Å². The molecule has 0 aromatic carbocycles. The topological polar surface area (TPSA) is 18.5 Å². The summed E-state index contributed by atoms with van der Waals surface area (Å²) >= 11 is 0. The molecule has 17 heavy (non-hydrogen) atoms. The predicted molar refractivity (Wildman–Crippen MR) is 73.4 cm³/mol. The summed E-state index contributed by atoms with van der Waals surface area (Å²) in [7, 11) is 0. The van der Waals surface area contributed by atoms with Crippen molar-refractivity contribution in [1.82, 2.24) is 15.1 Å². The van der Waals surface area contributed by atoms with E-state index in [1.54, 1.807) is 0 Å². The largest absolute Gasteiger partial charge is 0.315 e. The van der Waals surface area contributed by atoms with Gasteiger partial charge in [-0.2, -0.15) is 0 Å². The second kappa shape index (κ2) is 7.34. The van der Waals surface area contributed by atoms with Gasteiger partial charge in [-0.15, -0.1) is 0 Å². The zero-order chi connectivity index (χ0) is 11.9. The predicted octanol–water partition coefficient (Wildman–Crippen LogP) is 1.55. The average molecular weight is 239 g/mol. The Kier molecular flexibility index (Phi) is 5.75. The van der Waals surface area contributed by atoms with Crippen LogP contribution in [0.5, 0.6) is 0 Å². The van der Waals surface area contributed by atoms with Crippen molar-refractivity contribution in [3.05, 3.63) is 0 Å². The van der Waals surface area contributed by atoms with E-state index < -0.39 is 0 Å². The van der Waals surface area contributed by atoms with Crippen molar-refractivity contribution in [3.63, 3.8) is 0 Å². The van der Waals surface area contributed by atoms with E-state index >= 15 is 0 Å². The van der Waals surface area contributed by atoms with Gasteiger partial charge in [-0.05, 0) is 78.3 Å². The molecule has 2 heterocycles. The number of nitrogens with one attached hydrogen (secondary N) is 1. The number of hydrogen-bond donors (Lipinski definition) is 1. The molecule has 1 atom stereocenters. The Balaban J connectivity index is 1.45. The van der Waals surface area contributed by atoms with Crippen molar-refractivity contribution < 1.29 is 0 Å². The molecular formula is C14H29N3. The maximum Gasteiger partial charge on any atom is 0.0192 e. The molecule has 0 aliphatic carbocycles. The fourth-order valence-corrected chi connectivity index (χ4v) is 3.06. The minimum absolute atomic E-state index is 0.726. The molecule has 0 saturated carbocycles. The zero-order valence-corrected chi connectivity index (χ0v) is 11.5. The fraction of sp³-hybridized carbons (Fsp3) is 1.00. The lowest BCUT2D eigenvalue weighted by Crippen LogP contribution is -2.39. The first-order valence-electron chi connectivity index (χ1n) is 7.53. The van der Waals surface area contributed by atoms with Gasteiger partial charge in [-0.3, -0.25) is 4.90 Å². The molecule has 0 spiro atoms. The van der Waals surface area contributed by atoms with E-state index in [1.165, 1.54) is 77.9 Å². The Morgan fingerprint density at radius 1 is 1.00 bits per heavy atom. The second-order valence-electron chi connectivity index (χ2n) is 5.70. The van der Waals surface area contributed by atoms with Gasteiger partial charge in [-0.25, -0.2) is 0 Å². The Labute approximate surface area is 107 Å². The van der Waals surface area contributed by atoms with Crippen LogP contribution in [0.3, 0.4) is 0 Å². The molecule has 2 fully saturated rings. The molecule has 0 amide bonds. The molecular weight excluding hydrogens is 210 g/mol. The summed E-state index contributed by atoms with van der Waals surface area (Å²) in [6.45, 7) is 11.3. The van der Waals surface area contributed by atoms with Crippen molar-refractivity contribution in [2.24, 2.45) is 0 Å². The van der Waals surface area contributed by atoms with E-state index in [9.17, 15) is 0 Å². The summed E-state index contributed by atoms with van der Waals surface area (Å²) in [5.41, 5.74) is 0. The smallest absolute Gasteiger partial charge is 0.0192 e. The highest BCUT2D eigenvalue weighted by Gasteiger charge is 2.17. The maximum absolute atomic E-state index is 3.62. The maximum atomic E-state index is 3.62. The quantitative estimate of drug-likeness (QED) is 0.680. The monoisotopic (exact) mass is 239 g/mol. The SMILES string of the molecule is CC(CNCCCN1CCCC1)N1CCCC1. The first-order valence-corrected chi connectivity index (χ1v) is 7.53. The van der Waals surface area contributed by atoms with Crippen molar-refractivity contribution in [2.75, 3.05) is 45.8 Å². The van der Waals surface area contributed by atoms with Crippen LogP contribution in [0.2, 0.25) is 0 Å². The third-order valence-electron chi connectivity index (χ3n) is 4.23. The lowest BCUT2D eigenvalue weighted by molar-refractivity contribution is 0.250. The van der Waals surface area contributed by atoms with Crippen LogP contribution in [-0.4, -0.2) is 61.7 Å². The molecule has 2 aliphatic rings. The fourth-order valence-electron chi connectivity index (χ4n) is 3.06. The van der Waals surface area contributed by atoms with Crippen LogP contribution >= 0.6 is 0 Å². The minimum Gasteiger partial charge on any atom is -0.315 e. The molecule has 0 aromatic heterocycles. The van der Waals surface area contributed by atoms with Crippen molar-refractivity contribution >= 4 is 0 Å². The molecule has 3 heteroatoms. The molecule has 0 aromatic rings.